The van der Waals surface area contributed by atoms with Crippen molar-refractivity contribution in [3.63, 3.8) is 0 Å². The molecule has 74 valence electrons. The second-order valence-electron chi connectivity index (χ2n) is 3.28. The van der Waals surface area contributed by atoms with E-state index in [-0.39, 0.29) is 12.2 Å². The van der Waals surface area contributed by atoms with Gasteiger partial charge in [0.2, 0.25) is 0 Å². The summed E-state index contributed by atoms with van der Waals surface area (Å²) in [4.78, 5) is 14.5. The third kappa shape index (κ3) is 1.31. The monoisotopic (exact) mass is 195 g/mol. The van der Waals surface area contributed by atoms with Crippen molar-refractivity contribution in [1.29, 1.82) is 0 Å². The molecule has 0 saturated carbocycles. The van der Waals surface area contributed by atoms with Crippen LogP contribution in [0.5, 0.6) is 0 Å². The van der Waals surface area contributed by atoms with Gasteiger partial charge >= 0.3 is 5.97 Å². The van der Waals surface area contributed by atoms with Crippen LogP contribution in [0, 0.1) is 0 Å². The Morgan fingerprint density at radius 3 is 2.93 bits per heavy atom. The van der Waals surface area contributed by atoms with Crippen molar-refractivity contribution >= 4 is 11.7 Å². The highest BCUT2D eigenvalue weighted by Crippen LogP contribution is 2.26. The van der Waals surface area contributed by atoms with Gasteiger partial charge < -0.3 is 15.3 Å². The fourth-order valence-electron chi connectivity index (χ4n) is 1.54. The summed E-state index contributed by atoms with van der Waals surface area (Å²) < 4.78 is 0. The van der Waals surface area contributed by atoms with Gasteiger partial charge in [0.25, 0.3) is 0 Å². The first-order chi connectivity index (χ1) is 6.58. The van der Waals surface area contributed by atoms with Gasteiger partial charge in [0.1, 0.15) is 11.9 Å². The minimum Gasteiger partial charge on any atom is -0.509 e. The highest BCUT2D eigenvalue weighted by atomic mass is 16.4. The quantitative estimate of drug-likeness (QED) is 0.550. The minimum atomic E-state index is -1.03. The number of hydrogen-bond donors (Lipinski definition) is 3. The van der Waals surface area contributed by atoms with Crippen LogP contribution in [-0.4, -0.2) is 39.1 Å². The largest absolute Gasteiger partial charge is 0.509 e. The summed E-state index contributed by atoms with van der Waals surface area (Å²) in [7, 11) is 0. The molecule has 2 atom stereocenters. The van der Waals surface area contributed by atoms with E-state index < -0.39 is 18.1 Å². The lowest BCUT2D eigenvalue weighted by atomic mass is 9.99. The molecule has 0 radical (unpaired) electrons. The number of hydrogen-bond acceptors (Lipinski definition) is 4. The van der Waals surface area contributed by atoms with Crippen LogP contribution in [0.3, 0.4) is 0 Å². The van der Waals surface area contributed by atoms with Gasteiger partial charge in [-0.2, -0.15) is 0 Å². The van der Waals surface area contributed by atoms with E-state index in [1.807, 2.05) is 0 Å². The van der Waals surface area contributed by atoms with Crippen LogP contribution in [0.15, 0.2) is 28.5 Å². The van der Waals surface area contributed by atoms with E-state index in [4.69, 9.17) is 5.11 Å². The van der Waals surface area contributed by atoms with Gasteiger partial charge in [-0.1, -0.05) is 0 Å². The van der Waals surface area contributed by atoms with Crippen LogP contribution in [0.2, 0.25) is 0 Å². The van der Waals surface area contributed by atoms with Crippen LogP contribution in [0.4, 0.5) is 0 Å². The lowest BCUT2D eigenvalue weighted by Gasteiger charge is -2.12. The molecule has 2 unspecified atom stereocenters. The Bertz CT molecular complexity index is 380. The lowest BCUT2D eigenvalue weighted by molar-refractivity contribution is -0.138. The van der Waals surface area contributed by atoms with E-state index in [0.29, 0.717) is 11.3 Å². The van der Waals surface area contributed by atoms with Gasteiger partial charge in [-0.05, 0) is 11.6 Å². The molecule has 5 nitrogen and oxygen atoms in total. The topological polar surface area (TPSA) is 90.1 Å². The Morgan fingerprint density at radius 2 is 2.29 bits per heavy atom. The van der Waals surface area contributed by atoms with Gasteiger partial charge in [0.15, 0.2) is 6.04 Å². The number of aliphatic imine (C=N–C) groups is 1. The average molecular weight is 195 g/mol. The van der Waals surface area contributed by atoms with Crippen molar-refractivity contribution < 1.29 is 20.1 Å². The van der Waals surface area contributed by atoms with Crippen molar-refractivity contribution in [1.82, 2.24) is 0 Å². The zero-order chi connectivity index (χ0) is 10.3. The van der Waals surface area contributed by atoms with E-state index in [1.54, 1.807) is 0 Å². The number of carboxylic acids is 1. The standard InChI is InChI=1S/C9H9NO4/c11-7-2-4-1-6(9(13)14)10-5(4)3-8(7)12/h2-3,6-7,11-12H,1H2,(H,13,14). The molecule has 0 aromatic rings. The van der Waals surface area contributed by atoms with Crippen LogP contribution in [-0.2, 0) is 4.79 Å². The molecule has 1 heterocycles. The molecular weight excluding hydrogens is 186 g/mol. The summed E-state index contributed by atoms with van der Waals surface area (Å²) in [6, 6.07) is -0.786. The van der Waals surface area contributed by atoms with Gasteiger partial charge in [0.05, 0.1) is 5.71 Å². The van der Waals surface area contributed by atoms with Crippen molar-refractivity contribution in [3.8, 4) is 0 Å². The van der Waals surface area contributed by atoms with Gasteiger partial charge in [-0.15, -0.1) is 0 Å². The fourth-order valence-corrected chi connectivity index (χ4v) is 1.54. The van der Waals surface area contributed by atoms with E-state index in [9.17, 15) is 15.0 Å². The second kappa shape index (κ2) is 2.95. The van der Waals surface area contributed by atoms with E-state index >= 15 is 0 Å². The molecule has 0 aromatic heterocycles. The van der Waals surface area contributed by atoms with Crippen molar-refractivity contribution in [2.75, 3.05) is 0 Å². The number of aliphatic hydroxyl groups excluding tert-OH is 2. The van der Waals surface area contributed by atoms with Crippen molar-refractivity contribution in [2.24, 2.45) is 4.99 Å². The maximum absolute atomic E-state index is 10.6. The summed E-state index contributed by atoms with van der Waals surface area (Å²) >= 11 is 0. The molecule has 1 aliphatic heterocycles. The van der Waals surface area contributed by atoms with Crippen LogP contribution in [0.25, 0.3) is 0 Å². The summed E-state index contributed by atoms with van der Waals surface area (Å²) in [5.74, 6) is -1.19. The van der Waals surface area contributed by atoms with Gasteiger partial charge in [-0.3, -0.25) is 4.99 Å². The molecule has 0 saturated heterocycles. The molecule has 2 aliphatic rings. The number of rotatable bonds is 1. The second-order valence-corrected chi connectivity index (χ2v) is 3.28. The van der Waals surface area contributed by atoms with Crippen molar-refractivity contribution in [3.05, 3.63) is 23.5 Å². The Hall–Kier alpha value is -1.62. The molecule has 5 heteroatoms. The third-order valence-electron chi connectivity index (χ3n) is 2.27. The zero-order valence-electron chi connectivity index (χ0n) is 7.21. The van der Waals surface area contributed by atoms with Crippen LogP contribution < -0.4 is 0 Å². The Labute approximate surface area is 79.7 Å². The molecule has 3 N–H and O–H groups in total. The first kappa shape index (κ1) is 8.96. The molecule has 0 spiro atoms. The van der Waals surface area contributed by atoms with Gasteiger partial charge in [-0.25, -0.2) is 4.79 Å². The number of aliphatic carboxylic acids is 1. The SMILES string of the molecule is O=C(O)C1CC2=CC(O)C(O)=CC2=N1. The fraction of sp³-hybridized carbons (Fsp3) is 0.333. The molecule has 14 heavy (non-hydrogen) atoms. The molecule has 0 amide bonds. The minimum absolute atomic E-state index is 0.196. The summed E-state index contributed by atoms with van der Waals surface area (Å²) in [6.45, 7) is 0. The van der Waals surface area contributed by atoms with Crippen LogP contribution >= 0.6 is 0 Å². The molecule has 0 aromatic carbocycles. The zero-order valence-corrected chi connectivity index (χ0v) is 7.21. The smallest absolute Gasteiger partial charge is 0.328 e. The molecule has 1 aliphatic carbocycles. The maximum atomic E-state index is 10.6. The van der Waals surface area contributed by atoms with Crippen LogP contribution in [0.1, 0.15) is 6.42 Å². The Kier molecular flexibility index (Phi) is 1.89. The number of fused-ring (bicyclic) bond motifs is 1. The lowest BCUT2D eigenvalue weighted by Crippen LogP contribution is -2.16. The first-order valence-corrected chi connectivity index (χ1v) is 4.18. The summed E-state index contributed by atoms with van der Waals surface area (Å²) in [5.41, 5.74) is 1.14. The van der Waals surface area contributed by atoms with E-state index in [0.717, 1.165) is 0 Å². The molecule has 2 rings (SSSR count). The number of nitrogens with zero attached hydrogens (tertiary/aromatic N) is 1. The Balaban J connectivity index is 2.31. The highest BCUT2D eigenvalue weighted by molar-refractivity contribution is 6.12. The number of allylic oxidation sites excluding steroid dienone is 1. The van der Waals surface area contributed by atoms with Crippen molar-refractivity contribution in [2.45, 2.75) is 18.6 Å². The average Bonchev–Trinajstić information content (AvgIpc) is 2.48. The third-order valence-corrected chi connectivity index (χ3v) is 2.27. The highest BCUT2D eigenvalue weighted by Gasteiger charge is 2.30. The normalized spacial score (nSPS) is 30.2. The predicted molar refractivity (Wildman–Crippen MR) is 48.3 cm³/mol. The molecule has 0 fully saturated rings. The number of carbonyl (C=O) groups is 1. The Morgan fingerprint density at radius 1 is 1.57 bits per heavy atom. The van der Waals surface area contributed by atoms with E-state index in [2.05, 4.69) is 4.99 Å². The summed E-state index contributed by atoms with van der Waals surface area (Å²) in [6.07, 6.45) is 1.99. The number of aliphatic hydroxyl groups is 2. The maximum Gasteiger partial charge on any atom is 0.328 e. The van der Waals surface area contributed by atoms with Gasteiger partial charge in [0, 0.05) is 12.5 Å². The summed E-state index contributed by atoms with van der Waals surface area (Å²) in [5, 5.41) is 27.2. The first-order valence-electron chi connectivity index (χ1n) is 4.18. The number of carboxylic acid groups (broad SMARTS) is 1. The predicted octanol–water partition coefficient (Wildman–Crippen LogP) is 0.0271. The molecular formula is C9H9NO4. The van der Waals surface area contributed by atoms with E-state index in [1.165, 1.54) is 12.2 Å². The molecule has 0 bridgehead atoms.